The van der Waals surface area contributed by atoms with E-state index in [2.05, 4.69) is 27.3 Å². The van der Waals surface area contributed by atoms with E-state index in [1.807, 2.05) is 48.5 Å². The number of carbonyl (C=O) groups excluding carboxylic acids is 1. The summed E-state index contributed by atoms with van der Waals surface area (Å²) in [6.07, 6.45) is 0. The zero-order valence-electron chi connectivity index (χ0n) is 15.2. The summed E-state index contributed by atoms with van der Waals surface area (Å²) in [7, 11) is 0. The second-order valence-electron chi connectivity index (χ2n) is 6.74. The molecule has 1 atom stereocenters. The number of carbonyl (C=O) groups is 1. The van der Waals surface area contributed by atoms with E-state index in [-0.39, 0.29) is 11.9 Å². The van der Waals surface area contributed by atoms with E-state index in [0.717, 1.165) is 49.3 Å². The molecule has 0 unspecified atom stereocenters. The molecule has 1 aromatic heterocycles. The van der Waals surface area contributed by atoms with Crippen molar-refractivity contribution in [2.45, 2.75) is 6.04 Å². The first-order valence-electron chi connectivity index (χ1n) is 9.31. The van der Waals surface area contributed by atoms with Gasteiger partial charge in [-0.25, -0.2) is 4.98 Å². The van der Waals surface area contributed by atoms with Crippen LogP contribution in [0.5, 0.6) is 0 Å². The first-order chi connectivity index (χ1) is 13.3. The smallest absolute Gasteiger partial charge is 0.270 e. The minimum atomic E-state index is -0.150. The average molecular weight is 361 g/mol. The number of ether oxygens (including phenoxy) is 1. The predicted octanol–water partition coefficient (Wildman–Crippen LogP) is 3.04. The summed E-state index contributed by atoms with van der Waals surface area (Å²) in [6.45, 7) is 4.00. The molecular weight excluding hydrogens is 338 g/mol. The van der Waals surface area contributed by atoms with E-state index < -0.39 is 0 Å². The van der Waals surface area contributed by atoms with E-state index in [9.17, 15) is 4.79 Å². The highest BCUT2D eigenvalue weighted by atomic mass is 16.5. The number of fused-ring (bicyclic) bond motifs is 1. The van der Waals surface area contributed by atoms with E-state index in [1.165, 1.54) is 0 Å². The fourth-order valence-electron chi connectivity index (χ4n) is 3.39. The Kier molecular flexibility index (Phi) is 5.42. The topological polar surface area (TPSA) is 54.5 Å². The molecule has 5 heteroatoms. The number of hydrogen-bond donors (Lipinski definition) is 1. The van der Waals surface area contributed by atoms with Crippen molar-refractivity contribution in [3.63, 3.8) is 0 Å². The van der Waals surface area contributed by atoms with Gasteiger partial charge in [0.05, 0.1) is 24.8 Å². The van der Waals surface area contributed by atoms with Crippen LogP contribution in [0.15, 0.2) is 66.7 Å². The molecule has 2 heterocycles. The molecule has 27 heavy (non-hydrogen) atoms. The zero-order valence-corrected chi connectivity index (χ0v) is 15.2. The van der Waals surface area contributed by atoms with Crippen LogP contribution in [0.2, 0.25) is 0 Å². The fraction of sp³-hybridized carbons (Fsp3) is 0.273. The molecule has 0 aliphatic carbocycles. The van der Waals surface area contributed by atoms with Crippen molar-refractivity contribution in [3.8, 4) is 0 Å². The third-order valence-electron chi connectivity index (χ3n) is 4.88. The summed E-state index contributed by atoms with van der Waals surface area (Å²) < 4.78 is 5.44. The van der Waals surface area contributed by atoms with Gasteiger partial charge in [-0.2, -0.15) is 0 Å². The Morgan fingerprint density at radius 2 is 1.74 bits per heavy atom. The Labute approximate surface area is 159 Å². The van der Waals surface area contributed by atoms with Gasteiger partial charge >= 0.3 is 0 Å². The predicted molar refractivity (Wildman–Crippen MR) is 106 cm³/mol. The molecule has 0 radical (unpaired) electrons. The SMILES string of the molecule is O=C(N[C@H](CN1CCOCC1)c1ccccc1)c1ccc2ccccc2n1. The number of nitrogens with one attached hydrogen (secondary N) is 1. The van der Waals surface area contributed by atoms with E-state index in [1.54, 1.807) is 6.07 Å². The van der Waals surface area contributed by atoms with E-state index in [4.69, 9.17) is 4.74 Å². The molecule has 3 aromatic rings. The highest BCUT2D eigenvalue weighted by Crippen LogP contribution is 2.17. The van der Waals surface area contributed by atoms with E-state index in [0.29, 0.717) is 5.69 Å². The van der Waals surface area contributed by atoms with Crippen molar-refractivity contribution in [2.75, 3.05) is 32.8 Å². The Balaban J connectivity index is 1.54. The zero-order chi connectivity index (χ0) is 18.5. The molecule has 5 nitrogen and oxygen atoms in total. The monoisotopic (exact) mass is 361 g/mol. The lowest BCUT2D eigenvalue weighted by Crippen LogP contribution is -2.43. The van der Waals surface area contributed by atoms with Crippen LogP contribution < -0.4 is 5.32 Å². The number of morpholine rings is 1. The number of pyridine rings is 1. The number of hydrogen-bond acceptors (Lipinski definition) is 4. The lowest BCUT2D eigenvalue weighted by Gasteiger charge is -2.31. The number of rotatable bonds is 5. The van der Waals surface area contributed by atoms with Crippen LogP contribution >= 0.6 is 0 Å². The lowest BCUT2D eigenvalue weighted by atomic mass is 10.1. The van der Waals surface area contributed by atoms with Gasteiger partial charge in [0.15, 0.2) is 0 Å². The minimum Gasteiger partial charge on any atom is -0.379 e. The van der Waals surface area contributed by atoms with Gasteiger partial charge < -0.3 is 10.1 Å². The standard InChI is InChI=1S/C22H23N3O2/c26-22(20-11-10-18-8-4-5-9-19(18)23-20)24-21(17-6-2-1-3-7-17)16-25-12-14-27-15-13-25/h1-11,21H,12-16H2,(H,24,26)/t21-/m1/s1. The van der Waals surface area contributed by atoms with Gasteiger partial charge in [0, 0.05) is 25.0 Å². The van der Waals surface area contributed by atoms with Gasteiger partial charge in [0.25, 0.3) is 5.91 Å². The number of nitrogens with zero attached hydrogens (tertiary/aromatic N) is 2. The van der Waals surface area contributed by atoms with Crippen molar-refractivity contribution in [3.05, 3.63) is 78.0 Å². The van der Waals surface area contributed by atoms with Crippen LogP contribution in [0.25, 0.3) is 10.9 Å². The maximum Gasteiger partial charge on any atom is 0.270 e. The molecule has 0 saturated carbocycles. The lowest BCUT2D eigenvalue weighted by molar-refractivity contribution is 0.0332. The summed E-state index contributed by atoms with van der Waals surface area (Å²) in [4.78, 5) is 19.7. The molecule has 1 amide bonds. The Hall–Kier alpha value is -2.76. The quantitative estimate of drug-likeness (QED) is 0.759. The van der Waals surface area contributed by atoms with Crippen LogP contribution in [-0.4, -0.2) is 48.6 Å². The van der Waals surface area contributed by atoms with Crippen molar-refractivity contribution < 1.29 is 9.53 Å². The first-order valence-corrected chi connectivity index (χ1v) is 9.31. The minimum absolute atomic E-state index is 0.0925. The number of aromatic nitrogens is 1. The molecule has 0 bridgehead atoms. The van der Waals surface area contributed by atoms with Crippen LogP contribution in [0.4, 0.5) is 0 Å². The maximum absolute atomic E-state index is 12.9. The van der Waals surface area contributed by atoms with Crippen LogP contribution in [0, 0.1) is 0 Å². The van der Waals surface area contributed by atoms with Gasteiger partial charge in [0.1, 0.15) is 5.69 Å². The number of benzene rings is 2. The average Bonchev–Trinajstić information content (AvgIpc) is 2.74. The van der Waals surface area contributed by atoms with E-state index >= 15 is 0 Å². The van der Waals surface area contributed by atoms with Gasteiger partial charge in [-0.05, 0) is 17.7 Å². The normalized spacial score (nSPS) is 16.1. The van der Waals surface area contributed by atoms with Crippen molar-refractivity contribution in [2.24, 2.45) is 0 Å². The first kappa shape index (κ1) is 17.6. The maximum atomic E-state index is 12.9. The molecule has 1 saturated heterocycles. The fourth-order valence-corrected chi connectivity index (χ4v) is 3.39. The van der Waals surface area contributed by atoms with Crippen LogP contribution in [-0.2, 0) is 4.74 Å². The second-order valence-corrected chi connectivity index (χ2v) is 6.74. The Morgan fingerprint density at radius 3 is 2.56 bits per heavy atom. The number of para-hydroxylation sites is 1. The summed E-state index contributed by atoms with van der Waals surface area (Å²) in [5, 5.41) is 4.21. The molecule has 1 fully saturated rings. The third-order valence-corrected chi connectivity index (χ3v) is 4.88. The summed E-state index contributed by atoms with van der Waals surface area (Å²) in [5.74, 6) is -0.150. The molecular formula is C22H23N3O2. The highest BCUT2D eigenvalue weighted by Gasteiger charge is 2.21. The van der Waals surface area contributed by atoms with Gasteiger partial charge in [-0.1, -0.05) is 54.6 Å². The van der Waals surface area contributed by atoms with Crippen LogP contribution in [0.3, 0.4) is 0 Å². The molecule has 0 spiro atoms. The van der Waals surface area contributed by atoms with Crippen molar-refractivity contribution >= 4 is 16.8 Å². The summed E-state index contributed by atoms with van der Waals surface area (Å²) >= 11 is 0. The van der Waals surface area contributed by atoms with Gasteiger partial charge in [0.2, 0.25) is 0 Å². The molecule has 138 valence electrons. The van der Waals surface area contributed by atoms with Crippen molar-refractivity contribution in [1.29, 1.82) is 0 Å². The molecule has 4 rings (SSSR count). The number of amides is 1. The molecule has 1 aliphatic rings. The van der Waals surface area contributed by atoms with Gasteiger partial charge in [-0.15, -0.1) is 0 Å². The molecule has 2 aromatic carbocycles. The molecule has 1 N–H and O–H groups in total. The Bertz CT molecular complexity index is 908. The summed E-state index contributed by atoms with van der Waals surface area (Å²) in [6, 6.07) is 21.6. The van der Waals surface area contributed by atoms with Gasteiger partial charge in [-0.3, -0.25) is 9.69 Å². The molecule has 1 aliphatic heterocycles. The Morgan fingerprint density at radius 1 is 1.00 bits per heavy atom. The summed E-state index contributed by atoms with van der Waals surface area (Å²) in [5.41, 5.74) is 2.37. The largest absolute Gasteiger partial charge is 0.379 e. The highest BCUT2D eigenvalue weighted by molar-refractivity contribution is 5.95. The third kappa shape index (κ3) is 4.32. The second kappa shape index (κ2) is 8.29. The van der Waals surface area contributed by atoms with Crippen molar-refractivity contribution in [1.82, 2.24) is 15.2 Å². The van der Waals surface area contributed by atoms with Crippen LogP contribution in [0.1, 0.15) is 22.1 Å².